The first-order valence-electron chi connectivity index (χ1n) is 6.20. The summed E-state index contributed by atoms with van der Waals surface area (Å²) in [5, 5.41) is 8.77. The molecule has 0 aromatic heterocycles. The molecular formula is C13H20N2O4S. The molecule has 0 bridgehead atoms. The van der Waals surface area contributed by atoms with Gasteiger partial charge in [0, 0.05) is 12.1 Å². The number of hydrogen-bond acceptors (Lipinski definition) is 3. The van der Waals surface area contributed by atoms with Gasteiger partial charge in [0.1, 0.15) is 0 Å². The predicted molar refractivity (Wildman–Crippen MR) is 77.8 cm³/mol. The first kappa shape index (κ1) is 16.5. The van der Waals surface area contributed by atoms with E-state index >= 15 is 0 Å². The molecule has 0 heterocycles. The smallest absolute Gasteiger partial charge is 0.305 e. The lowest BCUT2D eigenvalue weighted by Gasteiger charge is -2.29. The maximum atomic E-state index is 12.4. The molecule has 6 nitrogen and oxygen atoms in total. The summed E-state index contributed by atoms with van der Waals surface area (Å²) in [6.07, 6.45) is -0.264. The molecule has 0 aliphatic carbocycles. The van der Waals surface area contributed by atoms with Crippen molar-refractivity contribution in [1.82, 2.24) is 4.72 Å². The number of nitrogens with one attached hydrogen (secondary N) is 1. The fraction of sp³-hybridized carbons (Fsp3) is 0.462. The van der Waals surface area contributed by atoms with Crippen LogP contribution >= 0.6 is 0 Å². The molecule has 112 valence electrons. The summed E-state index contributed by atoms with van der Waals surface area (Å²) in [6, 6.07) is 8.43. The van der Waals surface area contributed by atoms with Gasteiger partial charge in [0.2, 0.25) is 0 Å². The van der Waals surface area contributed by atoms with Crippen molar-refractivity contribution in [2.24, 2.45) is 0 Å². The van der Waals surface area contributed by atoms with E-state index in [-0.39, 0.29) is 13.0 Å². The normalized spacial score (nSPS) is 12.2. The number of benzene rings is 1. The van der Waals surface area contributed by atoms with E-state index in [1.807, 2.05) is 0 Å². The number of anilines is 1. The molecule has 0 saturated heterocycles. The van der Waals surface area contributed by atoms with Crippen LogP contribution < -0.4 is 9.03 Å². The number of para-hydroxylation sites is 1. The molecule has 7 heteroatoms. The molecule has 1 aromatic rings. The highest BCUT2D eigenvalue weighted by molar-refractivity contribution is 7.90. The molecule has 0 spiro atoms. The van der Waals surface area contributed by atoms with Crippen molar-refractivity contribution >= 4 is 21.9 Å². The Labute approximate surface area is 119 Å². The number of aliphatic carboxylic acids is 1. The fourth-order valence-electron chi connectivity index (χ4n) is 1.62. The van der Waals surface area contributed by atoms with Crippen LogP contribution in [0.2, 0.25) is 0 Å². The number of carbonyl (C=O) groups is 1. The average molecular weight is 300 g/mol. The summed E-state index contributed by atoms with van der Waals surface area (Å²) in [6.45, 7) is 5.06. The second-order valence-electron chi connectivity index (χ2n) is 5.41. The summed E-state index contributed by atoms with van der Waals surface area (Å²) >= 11 is 0. The van der Waals surface area contributed by atoms with Crippen molar-refractivity contribution < 1.29 is 18.3 Å². The van der Waals surface area contributed by atoms with Gasteiger partial charge in [-0.25, -0.2) is 0 Å². The molecule has 0 aliphatic rings. The quantitative estimate of drug-likeness (QED) is 0.835. The largest absolute Gasteiger partial charge is 0.481 e. The molecule has 0 radical (unpaired) electrons. The highest BCUT2D eigenvalue weighted by Gasteiger charge is 2.27. The minimum atomic E-state index is -3.81. The molecule has 0 atom stereocenters. The third-order valence-electron chi connectivity index (χ3n) is 2.30. The van der Waals surface area contributed by atoms with E-state index in [9.17, 15) is 13.2 Å². The Morgan fingerprint density at radius 2 is 1.80 bits per heavy atom. The highest BCUT2D eigenvalue weighted by atomic mass is 32.2. The number of nitrogens with zero attached hydrogens (tertiary/aromatic N) is 1. The molecule has 0 unspecified atom stereocenters. The van der Waals surface area contributed by atoms with E-state index in [1.54, 1.807) is 51.1 Å². The zero-order chi connectivity index (χ0) is 15.4. The maximum absolute atomic E-state index is 12.4. The first-order valence-corrected chi connectivity index (χ1v) is 7.64. The van der Waals surface area contributed by atoms with Gasteiger partial charge in [0.05, 0.1) is 12.1 Å². The van der Waals surface area contributed by atoms with Crippen LogP contribution in [0.5, 0.6) is 0 Å². The second kappa shape index (κ2) is 6.23. The zero-order valence-corrected chi connectivity index (χ0v) is 12.6. The summed E-state index contributed by atoms with van der Waals surface area (Å²) in [7, 11) is -3.81. The molecular weight excluding hydrogens is 280 g/mol. The van der Waals surface area contributed by atoms with E-state index in [0.29, 0.717) is 5.69 Å². The number of carboxylic acids is 1. The molecule has 1 aromatic carbocycles. The van der Waals surface area contributed by atoms with Crippen molar-refractivity contribution in [1.29, 1.82) is 0 Å². The SMILES string of the molecule is CC(C)(C)NS(=O)(=O)N(CCC(=O)O)c1ccccc1. The van der Waals surface area contributed by atoms with Crippen LogP contribution in [-0.4, -0.2) is 31.6 Å². The first-order chi connectivity index (χ1) is 9.12. The summed E-state index contributed by atoms with van der Waals surface area (Å²) < 4.78 is 28.4. The van der Waals surface area contributed by atoms with Crippen molar-refractivity contribution in [2.45, 2.75) is 32.7 Å². The van der Waals surface area contributed by atoms with E-state index in [1.165, 1.54) is 0 Å². The van der Waals surface area contributed by atoms with E-state index in [0.717, 1.165) is 4.31 Å². The van der Waals surface area contributed by atoms with Crippen molar-refractivity contribution in [3.63, 3.8) is 0 Å². The minimum Gasteiger partial charge on any atom is -0.481 e. The van der Waals surface area contributed by atoms with E-state index in [4.69, 9.17) is 5.11 Å². The maximum Gasteiger partial charge on any atom is 0.305 e. The molecule has 0 amide bonds. The van der Waals surface area contributed by atoms with Crippen molar-refractivity contribution in [2.75, 3.05) is 10.8 Å². The van der Waals surface area contributed by atoms with Gasteiger partial charge < -0.3 is 5.11 Å². The Bertz CT molecular complexity index is 549. The van der Waals surface area contributed by atoms with Gasteiger partial charge in [-0.2, -0.15) is 13.1 Å². The lowest BCUT2D eigenvalue weighted by molar-refractivity contribution is -0.136. The van der Waals surface area contributed by atoms with Crippen LogP contribution in [0.1, 0.15) is 27.2 Å². The lowest BCUT2D eigenvalue weighted by atomic mass is 10.1. The Morgan fingerprint density at radius 1 is 1.25 bits per heavy atom. The number of carboxylic acid groups (broad SMARTS) is 1. The van der Waals surface area contributed by atoms with Crippen LogP contribution in [0, 0.1) is 0 Å². The van der Waals surface area contributed by atoms with Crippen molar-refractivity contribution in [3.05, 3.63) is 30.3 Å². The standard InChI is InChI=1S/C13H20N2O4S/c1-13(2,3)14-20(18,19)15(10-9-12(16)17)11-7-5-4-6-8-11/h4-8,14H,9-10H2,1-3H3,(H,16,17). The Hall–Kier alpha value is -1.60. The molecule has 2 N–H and O–H groups in total. The van der Waals surface area contributed by atoms with Gasteiger partial charge in [0.15, 0.2) is 0 Å². The van der Waals surface area contributed by atoms with E-state index < -0.39 is 21.7 Å². The van der Waals surface area contributed by atoms with Gasteiger partial charge in [0.25, 0.3) is 0 Å². The van der Waals surface area contributed by atoms with Gasteiger partial charge in [-0.05, 0) is 32.9 Å². The monoisotopic (exact) mass is 300 g/mol. The Morgan fingerprint density at radius 3 is 2.25 bits per heavy atom. The topological polar surface area (TPSA) is 86.7 Å². The Balaban J connectivity index is 3.08. The molecule has 0 saturated carbocycles. The zero-order valence-electron chi connectivity index (χ0n) is 11.8. The third-order valence-corrected chi connectivity index (χ3v) is 4.14. The molecule has 0 aliphatic heterocycles. The van der Waals surface area contributed by atoms with Gasteiger partial charge in [-0.1, -0.05) is 18.2 Å². The van der Waals surface area contributed by atoms with Gasteiger partial charge >= 0.3 is 16.2 Å². The van der Waals surface area contributed by atoms with Crippen LogP contribution in [-0.2, 0) is 15.0 Å². The van der Waals surface area contributed by atoms with Crippen LogP contribution in [0.3, 0.4) is 0 Å². The summed E-state index contributed by atoms with van der Waals surface area (Å²) in [4.78, 5) is 10.7. The van der Waals surface area contributed by atoms with Crippen LogP contribution in [0.25, 0.3) is 0 Å². The molecule has 20 heavy (non-hydrogen) atoms. The molecule has 0 fully saturated rings. The Kier molecular flexibility index (Phi) is 5.13. The average Bonchev–Trinajstić information content (AvgIpc) is 2.26. The predicted octanol–water partition coefficient (Wildman–Crippen LogP) is 1.60. The minimum absolute atomic E-state index is 0.120. The lowest BCUT2D eigenvalue weighted by Crippen LogP contribution is -2.49. The van der Waals surface area contributed by atoms with E-state index in [2.05, 4.69) is 4.72 Å². The number of hydrogen-bond donors (Lipinski definition) is 2. The van der Waals surface area contributed by atoms with Crippen molar-refractivity contribution in [3.8, 4) is 0 Å². The van der Waals surface area contributed by atoms with Gasteiger partial charge in [-0.3, -0.25) is 9.10 Å². The number of rotatable bonds is 6. The van der Waals surface area contributed by atoms with Crippen LogP contribution in [0.15, 0.2) is 30.3 Å². The summed E-state index contributed by atoms with van der Waals surface area (Å²) in [5.74, 6) is -1.04. The van der Waals surface area contributed by atoms with Gasteiger partial charge in [-0.15, -0.1) is 0 Å². The highest BCUT2D eigenvalue weighted by Crippen LogP contribution is 2.18. The summed E-state index contributed by atoms with van der Waals surface area (Å²) in [5.41, 5.74) is -0.208. The third kappa shape index (κ3) is 5.18. The van der Waals surface area contributed by atoms with Crippen LogP contribution in [0.4, 0.5) is 5.69 Å². The second-order valence-corrected chi connectivity index (χ2v) is 7.00. The molecule has 1 rings (SSSR count). The fourth-order valence-corrected chi connectivity index (χ4v) is 3.24.